The minimum Gasteiger partial charge on any atom is -0.197 e. The Morgan fingerprint density at radius 3 is 2.88 bits per heavy atom. The quantitative estimate of drug-likeness (QED) is 0.623. The molecule has 1 aromatic heterocycles. The summed E-state index contributed by atoms with van der Waals surface area (Å²) < 4.78 is 4.11. The molecule has 0 radical (unpaired) electrons. The Balaban J connectivity index is 2.77. The Morgan fingerprint density at radius 2 is 2.62 bits per heavy atom. The van der Waals surface area contributed by atoms with Gasteiger partial charge in [-0.2, -0.15) is 4.37 Å². The number of halogens is 1. The van der Waals surface area contributed by atoms with Gasteiger partial charge in [0.25, 0.3) is 0 Å². The summed E-state index contributed by atoms with van der Waals surface area (Å²) in [4.78, 5) is 0.397. The zero-order valence-electron chi connectivity index (χ0n) is 4.47. The normalized spacial score (nSPS) is 13.8. The monoisotopic (exact) mass is 191 g/mol. The summed E-state index contributed by atoms with van der Waals surface area (Å²) in [6, 6.07) is 2.02. The van der Waals surface area contributed by atoms with E-state index in [4.69, 9.17) is 0 Å². The Labute approximate surface area is 61.0 Å². The molecule has 0 aliphatic carbocycles. The average molecular weight is 192 g/mol. The molecule has 0 saturated heterocycles. The van der Waals surface area contributed by atoms with Crippen LogP contribution in [-0.2, 0) is 0 Å². The van der Waals surface area contributed by atoms with Crippen molar-refractivity contribution < 1.29 is 0 Å². The van der Waals surface area contributed by atoms with Crippen LogP contribution in [0.3, 0.4) is 0 Å². The Hall–Kier alpha value is 0.110. The van der Waals surface area contributed by atoms with Crippen LogP contribution < -0.4 is 0 Å². The van der Waals surface area contributed by atoms with Gasteiger partial charge in [-0.05, 0) is 24.5 Å². The highest BCUT2D eigenvalue weighted by atomic mass is 79.9. The number of aromatic nitrogens is 1. The molecule has 0 fully saturated rings. The van der Waals surface area contributed by atoms with E-state index >= 15 is 0 Å². The summed E-state index contributed by atoms with van der Waals surface area (Å²) >= 11 is 4.89. The highest BCUT2D eigenvalue weighted by Gasteiger charge is 1.99. The van der Waals surface area contributed by atoms with Crippen molar-refractivity contribution in [2.24, 2.45) is 0 Å². The van der Waals surface area contributed by atoms with E-state index in [1.165, 1.54) is 11.5 Å². The summed E-state index contributed by atoms with van der Waals surface area (Å²) in [7, 11) is 0. The van der Waals surface area contributed by atoms with Gasteiger partial charge in [0.15, 0.2) is 0 Å². The maximum Gasteiger partial charge on any atom is 0.0675 e. The van der Waals surface area contributed by atoms with Gasteiger partial charge in [0.2, 0.25) is 0 Å². The smallest absolute Gasteiger partial charge is 0.0675 e. The number of hydrogen-bond donors (Lipinski definition) is 0. The highest BCUT2D eigenvalue weighted by Crippen LogP contribution is 2.19. The number of rotatable bonds is 1. The standard InChI is InChI=1S/C5H6BrNS/c1-4(6)5-2-3-8-7-5/h2-4H,1H3. The molecule has 1 heterocycles. The van der Waals surface area contributed by atoms with Gasteiger partial charge in [0.05, 0.1) is 10.5 Å². The van der Waals surface area contributed by atoms with Gasteiger partial charge in [-0.15, -0.1) is 0 Å². The van der Waals surface area contributed by atoms with Crippen LogP contribution >= 0.6 is 27.5 Å². The molecule has 1 atom stereocenters. The van der Waals surface area contributed by atoms with Gasteiger partial charge in [-0.3, -0.25) is 0 Å². The molecule has 0 bridgehead atoms. The first-order valence-corrected chi connectivity index (χ1v) is 4.10. The van der Waals surface area contributed by atoms with Crippen LogP contribution in [0.2, 0.25) is 0 Å². The fraction of sp³-hybridized carbons (Fsp3) is 0.400. The zero-order chi connectivity index (χ0) is 5.98. The van der Waals surface area contributed by atoms with E-state index in [0.29, 0.717) is 4.83 Å². The molecule has 1 rings (SSSR count). The second kappa shape index (κ2) is 2.60. The second-order valence-electron chi connectivity index (χ2n) is 1.54. The first kappa shape index (κ1) is 6.23. The third kappa shape index (κ3) is 1.29. The molecule has 0 aliphatic heterocycles. The number of hydrogen-bond acceptors (Lipinski definition) is 2. The van der Waals surface area contributed by atoms with Crippen molar-refractivity contribution in [1.82, 2.24) is 4.37 Å². The van der Waals surface area contributed by atoms with Crippen molar-refractivity contribution in [2.75, 3.05) is 0 Å². The molecule has 0 aromatic carbocycles. The first-order valence-electron chi connectivity index (χ1n) is 2.35. The molecular formula is C5H6BrNS. The van der Waals surface area contributed by atoms with Crippen LogP contribution in [0.5, 0.6) is 0 Å². The molecule has 1 nitrogen and oxygen atoms in total. The van der Waals surface area contributed by atoms with Gasteiger partial charge in [-0.1, -0.05) is 15.9 Å². The van der Waals surface area contributed by atoms with Crippen LogP contribution in [0, 0.1) is 0 Å². The molecule has 8 heavy (non-hydrogen) atoms. The minimum absolute atomic E-state index is 0.397. The largest absolute Gasteiger partial charge is 0.197 e. The lowest BCUT2D eigenvalue weighted by Crippen LogP contribution is -1.78. The van der Waals surface area contributed by atoms with E-state index in [1.807, 2.05) is 11.4 Å². The van der Waals surface area contributed by atoms with Crippen molar-refractivity contribution in [3.63, 3.8) is 0 Å². The lowest BCUT2D eigenvalue weighted by Gasteiger charge is -1.91. The highest BCUT2D eigenvalue weighted by molar-refractivity contribution is 9.09. The van der Waals surface area contributed by atoms with Gasteiger partial charge in [0, 0.05) is 5.38 Å². The topological polar surface area (TPSA) is 12.9 Å². The van der Waals surface area contributed by atoms with Crippen LogP contribution in [0.1, 0.15) is 17.4 Å². The molecule has 3 heteroatoms. The van der Waals surface area contributed by atoms with E-state index in [9.17, 15) is 0 Å². The van der Waals surface area contributed by atoms with Crippen molar-refractivity contribution >= 4 is 27.5 Å². The van der Waals surface area contributed by atoms with E-state index in [1.54, 1.807) is 0 Å². The van der Waals surface area contributed by atoms with Gasteiger partial charge in [0.1, 0.15) is 0 Å². The lowest BCUT2D eigenvalue weighted by atomic mass is 10.3. The zero-order valence-corrected chi connectivity index (χ0v) is 6.87. The third-order valence-electron chi connectivity index (χ3n) is 0.865. The molecular weight excluding hydrogens is 186 g/mol. The first-order chi connectivity index (χ1) is 3.80. The summed E-state index contributed by atoms with van der Waals surface area (Å²) in [6.07, 6.45) is 0. The Bertz CT molecular complexity index is 147. The number of alkyl halides is 1. The van der Waals surface area contributed by atoms with Crippen LogP contribution in [0.15, 0.2) is 11.4 Å². The fourth-order valence-electron chi connectivity index (χ4n) is 0.427. The lowest BCUT2D eigenvalue weighted by molar-refractivity contribution is 1.07. The SMILES string of the molecule is CC(Br)c1ccsn1. The number of nitrogens with zero attached hydrogens (tertiary/aromatic N) is 1. The van der Waals surface area contributed by atoms with Crippen molar-refractivity contribution in [1.29, 1.82) is 0 Å². The average Bonchev–Trinajstić information content (AvgIpc) is 2.12. The van der Waals surface area contributed by atoms with Crippen LogP contribution in [0.4, 0.5) is 0 Å². The second-order valence-corrected chi connectivity index (χ2v) is 3.58. The van der Waals surface area contributed by atoms with Crippen LogP contribution in [-0.4, -0.2) is 4.37 Å². The van der Waals surface area contributed by atoms with Crippen LogP contribution in [0.25, 0.3) is 0 Å². The van der Waals surface area contributed by atoms with Crippen molar-refractivity contribution in [2.45, 2.75) is 11.8 Å². The van der Waals surface area contributed by atoms with Gasteiger partial charge in [-0.25, -0.2) is 0 Å². The maximum atomic E-state index is 4.11. The van der Waals surface area contributed by atoms with E-state index in [2.05, 4.69) is 27.2 Å². The molecule has 0 spiro atoms. The molecule has 1 aromatic rings. The molecule has 0 amide bonds. The summed E-state index contributed by atoms with van der Waals surface area (Å²) in [5.41, 5.74) is 1.12. The van der Waals surface area contributed by atoms with E-state index in [0.717, 1.165) is 5.69 Å². The Morgan fingerprint density at radius 1 is 1.88 bits per heavy atom. The third-order valence-corrected chi connectivity index (χ3v) is 1.91. The fourth-order valence-corrected chi connectivity index (χ4v) is 1.42. The minimum atomic E-state index is 0.397. The van der Waals surface area contributed by atoms with Crippen molar-refractivity contribution in [3.05, 3.63) is 17.1 Å². The Kier molecular flexibility index (Phi) is 2.02. The molecule has 44 valence electrons. The molecule has 0 N–H and O–H groups in total. The van der Waals surface area contributed by atoms with Crippen molar-refractivity contribution in [3.8, 4) is 0 Å². The predicted molar refractivity (Wildman–Crippen MR) is 39.5 cm³/mol. The van der Waals surface area contributed by atoms with E-state index < -0.39 is 0 Å². The summed E-state index contributed by atoms with van der Waals surface area (Å²) in [5, 5.41) is 1.98. The molecule has 1 unspecified atom stereocenters. The predicted octanol–water partition coefficient (Wildman–Crippen LogP) is 2.60. The summed E-state index contributed by atoms with van der Waals surface area (Å²) in [5.74, 6) is 0. The molecule has 0 saturated carbocycles. The maximum absolute atomic E-state index is 4.11. The molecule has 0 aliphatic rings. The summed E-state index contributed by atoms with van der Waals surface area (Å²) in [6.45, 7) is 2.06. The van der Waals surface area contributed by atoms with E-state index in [-0.39, 0.29) is 0 Å². The van der Waals surface area contributed by atoms with Gasteiger partial charge < -0.3 is 0 Å². The van der Waals surface area contributed by atoms with Gasteiger partial charge >= 0.3 is 0 Å².